The van der Waals surface area contributed by atoms with Crippen LogP contribution in [0.15, 0.2) is 23.1 Å². The van der Waals surface area contributed by atoms with E-state index >= 15 is 0 Å². The molecule has 84 valence electrons. The Morgan fingerprint density at radius 3 is 2.60 bits per heavy atom. The van der Waals surface area contributed by atoms with Gasteiger partial charge in [-0.15, -0.1) is 11.8 Å². The maximum atomic E-state index is 9.88. The maximum Gasteiger partial charge on any atom is 0.0798 e. The summed E-state index contributed by atoms with van der Waals surface area (Å²) >= 11 is 7.69. The molecule has 0 saturated carbocycles. The van der Waals surface area contributed by atoms with E-state index in [9.17, 15) is 5.11 Å². The second kappa shape index (κ2) is 5.78. The van der Waals surface area contributed by atoms with E-state index in [1.54, 1.807) is 11.8 Å². The van der Waals surface area contributed by atoms with Crippen molar-refractivity contribution in [3.05, 3.63) is 28.8 Å². The van der Waals surface area contributed by atoms with E-state index in [0.717, 1.165) is 10.5 Å². The van der Waals surface area contributed by atoms with Crippen LogP contribution in [0.1, 0.15) is 38.9 Å². The van der Waals surface area contributed by atoms with Gasteiger partial charge in [0.2, 0.25) is 0 Å². The lowest BCUT2D eigenvalue weighted by molar-refractivity contribution is 0.171. The fourth-order valence-electron chi connectivity index (χ4n) is 1.36. The van der Waals surface area contributed by atoms with Gasteiger partial charge in [0.05, 0.1) is 6.10 Å². The summed E-state index contributed by atoms with van der Waals surface area (Å²) in [5.41, 5.74) is 0.948. The molecule has 1 unspecified atom stereocenters. The van der Waals surface area contributed by atoms with Crippen molar-refractivity contribution >= 4 is 23.4 Å². The molecule has 1 rings (SSSR count). The van der Waals surface area contributed by atoms with Crippen LogP contribution in [0.3, 0.4) is 0 Å². The Hall–Kier alpha value is -0.180. The zero-order chi connectivity index (χ0) is 11.4. The first-order valence-corrected chi connectivity index (χ1v) is 6.44. The molecular weight excluding hydrogens is 228 g/mol. The van der Waals surface area contributed by atoms with Crippen LogP contribution in [0.5, 0.6) is 0 Å². The van der Waals surface area contributed by atoms with Gasteiger partial charge in [-0.2, -0.15) is 0 Å². The fraction of sp³-hybridized carbons (Fsp3) is 0.500. The highest BCUT2D eigenvalue weighted by Crippen LogP contribution is 2.33. The highest BCUT2D eigenvalue weighted by Gasteiger charge is 2.12. The molecule has 0 fully saturated rings. The molecule has 0 aliphatic carbocycles. The summed E-state index contributed by atoms with van der Waals surface area (Å²) < 4.78 is 0. The molecule has 1 atom stereocenters. The molecule has 3 heteroatoms. The van der Waals surface area contributed by atoms with Gasteiger partial charge in [-0.25, -0.2) is 0 Å². The van der Waals surface area contributed by atoms with Gasteiger partial charge in [0.1, 0.15) is 0 Å². The summed E-state index contributed by atoms with van der Waals surface area (Å²) in [6, 6.07) is 5.72. The third kappa shape index (κ3) is 3.71. The Labute approximate surface area is 101 Å². The van der Waals surface area contributed by atoms with E-state index in [1.165, 1.54) is 0 Å². The Bertz CT molecular complexity index is 325. The van der Waals surface area contributed by atoms with E-state index in [1.807, 2.05) is 25.1 Å². The number of halogens is 1. The Kier molecular flexibility index (Phi) is 4.97. The molecule has 0 saturated heterocycles. The Morgan fingerprint density at radius 2 is 2.07 bits per heavy atom. The highest BCUT2D eigenvalue weighted by atomic mass is 35.5. The molecule has 15 heavy (non-hydrogen) atoms. The van der Waals surface area contributed by atoms with Crippen molar-refractivity contribution in [2.45, 2.75) is 43.4 Å². The normalized spacial score (nSPS) is 13.2. The average Bonchev–Trinajstić information content (AvgIpc) is 2.19. The molecule has 0 bridgehead atoms. The molecule has 0 radical (unpaired) electrons. The van der Waals surface area contributed by atoms with Crippen molar-refractivity contribution in [1.82, 2.24) is 0 Å². The monoisotopic (exact) mass is 244 g/mol. The number of aliphatic hydroxyl groups is 1. The summed E-state index contributed by atoms with van der Waals surface area (Å²) in [7, 11) is 0. The zero-order valence-electron chi connectivity index (χ0n) is 9.33. The van der Waals surface area contributed by atoms with E-state index in [0.29, 0.717) is 16.7 Å². The quantitative estimate of drug-likeness (QED) is 0.798. The summed E-state index contributed by atoms with van der Waals surface area (Å²) in [5, 5.41) is 11.1. The van der Waals surface area contributed by atoms with Crippen molar-refractivity contribution < 1.29 is 5.11 Å². The first kappa shape index (κ1) is 12.9. The van der Waals surface area contributed by atoms with Crippen LogP contribution in [0.2, 0.25) is 5.02 Å². The number of aliphatic hydroxyl groups excluding tert-OH is 1. The van der Waals surface area contributed by atoms with Crippen LogP contribution in [0, 0.1) is 0 Å². The van der Waals surface area contributed by atoms with Crippen molar-refractivity contribution in [2.24, 2.45) is 0 Å². The van der Waals surface area contributed by atoms with Crippen LogP contribution in [0.4, 0.5) is 0 Å². The van der Waals surface area contributed by atoms with Gasteiger partial charge in [-0.3, -0.25) is 0 Å². The molecule has 0 aliphatic rings. The molecule has 0 spiro atoms. The van der Waals surface area contributed by atoms with Gasteiger partial charge >= 0.3 is 0 Å². The third-order valence-corrected chi connectivity index (χ3v) is 3.41. The molecule has 1 aromatic rings. The standard InChI is InChI=1S/C12H17ClOS/c1-4-11(14)10-7-9(13)5-6-12(10)15-8(2)3/h5-8,11,14H,4H2,1-3H3. The number of thioether (sulfide) groups is 1. The average molecular weight is 245 g/mol. The second-order valence-electron chi connectivity index (χ2n) is 3.77. The van der Waals surface area contributed by atoms with Crippen LogP contribution in [-0.2, 0) is 0 Å². The predicted molar refractivity (Wildman–Crippen MR) is 67.7 cm³/mol. The lowest BCUT2D eigenvalue weighted by Gasteiger charge is -2.15. The summed E-state index contributed by atoms with van der Waals surface area (Å²) in [4.78, 5) is 1.13. The molecule has 0 aliphatic heterocycles. The molecule has 1 nitrogen and oxygen atoms in total. The zero-order valence-corrected chi connectivity index (χ0v) is 10.9. The molecule has 0 aromatic heterocycles. The molecule has 1 aromatic carbocycles. The smallest absolute Gasteiger partial charge is 0.0798 e. The maximum absolute atomic E-state index is 9.88. The minimum Gasteiger partial charge on any atom is -0.388 e. The van der Waals surface area contributed by atoms with E-state index in [-0.39, 0.29) is 0 Å². The fourth-order valence-corrected chi connectivity index (χ4v) is 2.53. The first-order valence-electron chi connectivity index (χ1n) is 5.18. The minimum atomic E-state index is -0.412. The largest absolute Gasteiger partial charge is 0.388 e. The lowest BCUT2D eigenvalue weighted by atomic mass is 10.1. The topological polar surface area (TPSA) is 20.2 Å². The number of benzene rings is 1. The van der Waals surface area contributed by atoms with Crippen LogP contribution < -0.4 is 0 Å². The number of rotatable bonds is 4. The highest BCUT2D eigenvalue weighted by molar-refractivity contribution is 8.00. The predicted octanol–water partition coefficient (Wildman–Crippen LogP) is 4.28. The van der Waals surface area contributed by atoms with Gasteiger partial charge in [0, 0.05) is 15.2 Å². The van der Waals surface area contributed by atoms with Crippen molar-refractivity contribution in [3.8, 4) is 0 Å². The van der Waals surface area contributed by atoms with Crippen LogP contribution in [0.25, 0.3) is 0 Å². The molecule has 1 N–H and O–H groups in total. The Morgan fingerprint density at radius 1 is 1.40 bits per heavy atom. The summed E-state index contributed by atoms with van der Waals surface area (Å²) in [5.74, 6) is 0. The van der Waals surface area contributed by atoms with E-state index < -0.39 is 6.10 Å². The van der Waals surface area contributed by atoms with Gasteiger partial charge in [-0.05, 0) is 30.2 Å². The molecular formula is C12H17ClOS. The molecule has 0 amide bonds. The SMILES string of the molecule is CCC(O)c1cc(Cl)ccc1SC(C)C. The van der Waals surface area contributed by atoms with Gasteiger partial charge < -0.3 is 5.11 Å². The van der Waals surface area contributed by atoms with Crippen molar-refractivity contribution in [1.29, 1.82) is 0 Å². The summed E-state index contributed by atoms with van der Waals surface area (Å²) in [6.07, 6.45) is 0.302. The van der Waals surface area contributed by atoms with E-state index in [2.05, 4.69) is 13.8 Å². The third-order valence-electron chi connectivity index (χ3n) is 2.08. The lowest BCUT2D eigenvalue weighted by Crippen LogP contribution is -1.99. The van der Waals surface area contributed by atoms with Gasteiger partial charge in [0.15, 0.2) is 0 Å². The van der Waals surface area contributed by atoms with E-state index in [4.69, 9.17) is 11.6 Å². The second-order valence-corrected chi connectivity index (χ2v) is 5.83. The number of hydrogen-bond donors (Lipinski definition) is 1. The van der Waals surface area contributed by atoms with Crippen molar-refractivity contribution in [3.63, 3.8) is 0 Å². The summed E-state index contributed by atoms with van der Waals surface area (Å²) in [6.45, 7) is 6.25. The first-order chi connectivity index (χ1) is 7.04. The van der Waals surface area contributed by atoms with Crippen molar-refractivity contribution in [2.75, 3.05) is 0 Å². The Balaban J connectivity index is 3.02. The van der Waals surface area contributed by atoms with Crippen LogP contribution in [-0.4, -0.2) is 10.4 Å². The van der Waals surface area contributed by atoms with Crippen LogP contribution >= 0.6 is 23.4 Å². The molecule has 0 heterocycles. The van der Waals surface area contributed by atoms with Gasteiger partial charge in [0.25, 0.3) is 0 Å². The minimum absolute atomic E-state index is 0.412. The number of hydrogen-bond acceptors (Lipinski definition) is 2. The van der Waals surface area contributed by atoms with Gasteiger partial charge in [-0.1, -0.05) is 32.4 Å².